The summed E-state index contributed by atoms with van der Waals surface area (Å²) >= 11 is 0. The molecular formula is C14H15F4N3O. The van der Waals surface area contributed by atoms with E-state index in [0.717, 1.165) is 5.56 Å². The van der Waals surface area contributed by atoms with Crippen molar-refractivity contribution in [3.63, 3.8) is 0 Å². The number of amidine groups is 1. The zero-order valence-electron chi connectivity index (χ0n) is 11.6. The summed E-state index contributed by atoms with van der Waals surface area (Å²) in [5.41, 5.74) is 1.06. The lowest BCUT2D eigenvalue weighted by Crippen LogP contribution is -2.36. The molecule has 0 bridgehead atoms. The maximum atomic E-state index is 13.6. The van der Waals surface area contributed by atoms with E-state index in [-0.39, 0.29) is 18.4 Å². The number of halogens is 4. The Balaban J connectivity index is 1.87. The topological polar surface area (TPSA) is 45.7 Å². The Morgan fingerprint density at radius 3 is 2.64 bits per heavy atom. The van der Waals surface area contributed by atoms with Gasteiger partial charge in [-0.05, 0) is 12.0 Å². The molecule has 1 aliphatic heterocycles. The molecule has 0 aromatic heterocycles. The number of hydrogen-bond donors (Lipinski definition) is 2. The zero-order valence-corrected chi connectivity index (χ0v) is 11.6. The fourth-order valence-electron chi connectivity index (χ4n) is 1.78. The number of alkyl halides is 3. The molecule has 0 saturated heterocycles. The van der Waals surface area contributed by atoms with Crippen molar-refractivity contribution in [1.82, 2.24) is 10.6 Å². The number of benzene rings is 1. The maximum absolute atomic E-state index is 13.6. The van der Waals surface area contributed by atoms with Gasteiger partial charge in [0.2, 0.25) is 0 Å². The Kier molecular flexibility index (Phi) is 5.24. The standard InChI is InChI=1S/C14H15F4N3O/c15-11-8-20-13(22-9-14(16,17)18)21-12(11)19-7-6-10-4-2-1-3-5-10/h1-5,19H,6-9H2,(H,20,21). The molecule has 0 saturated carbocycles. The van der Waals surface area contributed by atoms with Gasteiger partial charge in [-0.15, -0.1) is 0 Å². The van der Waals surface area contributed by atoms with Crippen LogP contribution in [0.2, 0.25) is 0 Å². The molecule has 0 spiro atoms. The SMILES string of the molecule is FC1=C(NCCc2ccccc2)N=C(OCC(F)(F)F)NC1. The van der Waals surface area contributed by atoms with Crippen LogP contribution in [-0.4, -0.2) is 31.9 Å². The molecule has 0 atom stereocenters. The lowest BCUT2D eigenvalue weighted by Gasteiger charge is -2.18. The van der Waals surface area contributed by atoms with Crippen LogP contribution in [0.3, 0.4) is 0 Å². The van der Waals surface area contributed by atoms with Crippen molar-refractivity contribution in [2.24, 2.45) is 4.99 Å². The minimum absolute atomic E-state index is 0.105. The second-order valence-corrected chi connectivity index (χ2v) is 4.59. The highest BCUT2D eigenvalue weighted by atomic mass is 19.4. The van der Waals surface area contributed by atoms with Gasteiger partial charge < -0.3 is 15.4 Å². The molecule has 1 heterocycles. The maximum Gasteiger partial charge on any atom is 0.422 e. The van der Waals surface area contributed by atoms with Crippen LogP contribution in [0.4, 0.5) is 17.6 Å². The van der Waals surface area contributed by atoms with E-state index >= 15 is 0 Å². The van der Waals surface area contributed by atoms with Gasteiger partial charge in [0.1, 0.15) is 0 Å². The minimum atomic E-state index is -4.47. The van der Waals surface area contributed by atoms with E-state index in [4.69, 9.17) is 0 Å². The second-order valence-electron chi connectivity index (χ2n) is 4.59. The van der Waals surface area contributed by atoms with Gasteiger partial charge in [0.05, 0.1) is 6.54 Å². The van der Waals surface area contributed by atoms with Crippen molar-refractivity contribution in [2.45, 2.75) is 12.6 Å². The molecule has 0 amide bonds. The van der Waals surface area contributed by atoms with Gasteiger partial charge in [0, 0.05) is 6.54 Å². The highest BCUT2D eigenvalue weighted by Crippen LogP contribution is 2.16. The first-order valence-corrected chi connectivity index (χ1v) is 6.62. The van der Waals surface area contributed by atoms with Crippen LogP contribution in [0.1, 0.15) is 5.56 Å². The number of nitrogens with one attached hydrogen (secondary N) is 2. The molecule has 8 heteroatoms. The molecule has 2 N–H and O–H groups in total. The minimum Gasteiger partial charge on any atom is -0.455 e. The highest BCUT2D eigenvalue weighted by molar-refractivity contribution is 5.76. The molecule has 0 aliphatic carbocycles. The van der Waals surface area contributed by atoms with Crippen LogP contribution in [0.15, 0.2) is 47.0 Å². The lowest BCUT2D eigenvalue weighted by molar-refractivity contribution is -0.156. The second kappa shape index (κ2) is 7.15. The van der Waals surface area contributed by atoms with E-state index in [1.54, 1.807) is 0 Å². The molecule has 1 aromatic carbocycles. The summed E-state index contributed by atoms with van der Waals surface area (Å²) in [7, 11) is 0. The number of hydrogen-bond acceptors (Lipinski definition) is 4. The quantitative estimate of drug-likeness (QED) is 0.820. The number of aliphatic imine (C=N–C) groups is 1. The van der Waals surface area contributed by atoms with E-state index < -0.39 is 18.6 Å². The summed E-state index contributed by atoms with van der Waals surface area (Å²) in [6.45, 7) is -1.33. The Hall–Kier alpha value is -2.25. The predicted octanol–water partition coefficient (Wildman–Crippen LogP) is 2.50. The Morgan fingerprint density at radius 2 is 1.95 bits per heavy atom. The third kappa shape index (κ3) is 5.27. The summed E-state index contributed by atoms with van der Waals surface area (Å²) in [6, 6.07) is 9.18. The Bertz CT molecular complexity index is 555. The molecule has 4 nitrogen and oxygen atoms in total. The van der Waals surface area contributed by atoms with Gasteiger partial charge in [0.25, 0.3) is 6.02 Å². The van der Waals surface area contributed by atoms with Gasteiger partial charge >= 0.3 is 6.18 Å². The summed E-state index contributed by atoms with van der Waals surface area (Å²) < 4.78 is 54.3. The van der Waals surface area contributed by atoms with E-state index in [1.807, 2.05) is 30.3 Å². The first-order chi connectivity index (χ1) is 10.4. The summed E-state index contributed by atoms with van der Waals surface area (Å²) in [6.07, 6.45) is -3.83. The fraction of sp³-hybridized carbons (Fsp3) is 0.357. The Morgan fingerprint density at radius 1 is 1.23 bits per heavy atom. The fourth-order valence-corrected chi connectivity index (χ4v) is 1.78. The number of ether oxygens (including phenoxy) is 1. The van der Waals surface area contributed by atoms with E-state index in [1.165, 1.54) is 0 Å². The molecule has 120 valence electrons. The molecule has 0 radical (unpaired) electrons. The molecule has 22 heavy (non-hydrogen) atoms. The van der Waals surface area contributed by atoms with Crippen molar-refractivity contribution in [3.8, 4) is 0 Å². The first-order valence-electron chi connectivity index (χ1n) is 6.62. The number of rotatable bonds is 5. The first kappa shape index (κ1) is 16.1. The van der Waals surface area contributed by atoms with Crippen LogP contribution < -0.4 is 10.6 Å². The zero-order chi connectivity index (χ0) is 16.0. The summed E-state index contributed by atoms with van der Waals surface area (Å²) in [5, 5.41) is 5.10. The van der Waals surface area contributed by atoms with Gasteiger partial charge in [-0.3, -0.25) is 0 Å². The van der Waals surface area contributed by atoms with Crippen LogP contribution in [0.5, 0.6) is 0 Å². The third-order valence-electron chi connectivity index (χ3n) is 2.79. The lowest BCUT2D eigenvalue weighted by atomic mass is 10.1. The van der Waals surface area contributed by atoms with Crippen molar-refractivity contribution >= 4 is 6.02 Å². The van der Waals surface area contributed by atoms with Crippen LogP contribution in [0.25, 0.3) is 0 Å². The normalized spacial score (nSPS) is 15.2. The van der Waals surface area contributed by atoms with Gasteiger partial charge in [-0.2, -0.15) is 18.2 Å². The van der Waals surface area contributed by atoms with E-state index in [0.29, 0.717) is 13.0 Å². The average Bonchev–Trinajstić information content (AvgIpc) is 2.48. The third-order valence-corrected chi connectivity index (χ3v) is 2.79. The van der Waals surface area contributed by atoms with E-state index in [9.17, 15) is 17.6 Å². The summed E-state index contributed by atoms with van der Waals surface area (Å²) in [4.78, 5) is 3.67. The van der Waals surface area contributed by atoms with Crippen molar-refractivity contribution in [3.05, 3.63) is 47.5 Å². The largest absolute Gasteiger partial charge is 0.455 e. The van der Waals surface area contributed by atoms with Crippen molar-refractivity contribution in [1.29, 1.82) is 0 Å². The Labute approximate surface area is 124 Å². The van der Waals surface area contributed by atoms with Crippen LogP contribution in [-0.2, 0) is 11.2 Å². The predicted molar refractivity (Wildman–Crippen MR) is 73.7 cm³/mol. The highest BCUT2D eigenvalue weighted by Gasteiger charge is 2.29. The number of nitrogens with zero attached hydrogens (tertiary/aromatic N) is 1. The van der Waals surface area contributed by atoms with Gasteiger partial charge in [-0.25, -0.2) is 4.39 Å². The molecule has 1 aromatic rings. The molecule has 2 rings (SSSR count). The van der Waals surface area contributed by atoms with E-state index in [2.05, 4.69) is 20.4 Å². The van der Waals surface area contributed by atoms with Crippen LogP contribution in [0, 0.1) is 0 Å². The van der Waals surface area contributed by atoms with Crippen LogP contribution >= 0.6 is 0 Å². The summed E-state index contributed by atoms with van der Waals surface area (Å²) in [5.74, 6) is -0.681. The monoisotopic (exact) mass is 317 g/mol. The van der Waals surface area contributed by atoms with Gasteiger partial charge in [0.15, 0.2) is 18.3 Å². The smallest absolute Gasteiger partial charge is 0.422 e. The molecule has 0 unspecified atom stereocenters. The van der Waals surface area contributed by atoms with Gasteiger partial charge in [-0.1, -0.05) is 30.3 Å². The molecular weight excluding hydrogens is 302 g/mol. The van der Waals surface area contributed by atoms with Crippen molar-refractivity contribution in [2.75, 3.05) is 19.7 Å². The van der Waals surface area contributed by atoms with Crippen molar-refractivity contribution < 1.29 is 22.3 Å². The average molecular weight is 317 g/mol. The molecule has 1 aliphatic rings. The molecule has 0 fully saturated rings.